The van der Waals surface area contributed by atoms with Crippen LogP contribution in [0.15, 0.2) is 12.1 Å². The molecule has 1 heterocycles. The van der Waals surface area contributed by atoms with Gasteiger partial charge >= 0.3 is 0 Å². The van der Waals surface area contributed by atoms with Gasteiger partial charge in [0, 0.05) is 24.8 Å². The monoisotopic (exact) mass is 257 g/mol. The molecule has 1 fully saturated rings. The number of nitrogens with zero attached hydrogens (tertiary/aromatic N) is 1. The first-order valence-corrected chi connectivity index (χ1v) is 5.71. The molecule has 17 heavy (non-hydrogen) atoms. The highest BCUT2D eigenvalue weighted by Gasteiger charge is 2.32. The molecular formula is C12H20ClN3O. The van der Waals surface area contributed by atoms with E-state index in [-0.39, 0.29) is 23.9 Å². The maximum absolute atomic E-state index is 11.9. The predicted octanol–water partition coefficient (Wildman–Crippen LogP) is 1.37. The number of aromatic nitrogens is 1. The molecule has 1 saturated carbocycles. The smallest absolute Gasteiger partial charge is 0.267 e. The summed E-state index contributed by atoms with van der Waals surface area (Å²) in [5.41, 5.74) is 7.67. The van der Waals surface area contributed by atoms with Gasteiger partial charge in [-0.15, -0.1) is 12.4 Å². The Morgan fingerprint density at radius 2 is 2.18 bits per heavy atom. The molecule has 2 rings (SSSR count). The Morgan fingerprint density at radius 1 is 1.53 bits per heavy atom. The van der Waals surface area contributed by atoms with Gasteiger partial charge in [0.1, 0.15) is 5.69 Å². The molecular weight excluding hydrogens is 238 g/mol. The van der Waals surface area contributed by atoms with Crippen LogP contribution in [0.3, 0.4) is 0 Å². The zero-order chi connectivity index (χ0) is 11.8. The number of nitrogens with two attached hydrogens (primary N) is 1. The molecule has 1 aromatic heterocycles. The van der Waals surface area contributed by atoms with Gasteiger partial charge in [-0.2, -0.15) is 0 Å². The third kappa shape index (κ3) is 2.82. The summed E-state index contributed by atoms with van der Waals surface area (Å²) in [6.07, 6.45) is 3.20. The van der Waals surface area contributed by atoms with Crippen molar-refractivity contribution >= 4 is 18.3 Å². The van der Waals surface area contributed by atoms with Crippen LogP contribution < -0.4 is 11.1 Å². The molecule has 4 nitrogen and oxygen atoms in total. The first-order valence-electron chi connectivity index (χ1n) is 5.71. The summed E-state index contributed by atoms with van der Waals surface area (Å²) in [6.45, 7) is 2.56. The maximum atomic E-state index is 11.9. The average Bonchev–Trinajstić information content (AvgIpc) is 2.54. The third-order valence-electron chi connectivity index (χ3n) is 3.56. The van der Waals surface area contributed by atoms with Gasteiger partial charge in [0.25, 0.3) is 5.91 Å². The van der Waals surface area contributed by atoms with Crippen LogP contribution in [-0.2, 0) is 7.05 Å². The van der Waals surface area contributed by atoms with Gasteiger partial charge in [-0.25, -0.2) is 0 Å². The SMILES string of the molecule is Cc1ccc(C(=O)NCC2(N)CCC2)n1C.Cl. The van der Waals surface area contributed by atoms with Gasteiger partial charge in [-0.05, 0) is 38.3 Å². The number of amides is 1. The normalized spacial score (nSPS) is 16.9. The molecule has 0 aromatic carbocycles. The fourth-order valence-corrected chi connectivity index (χ4v) is 2.00. The fourth-order valence-electron chi connectivity index (χ4n) is 2.00. The van der Waals surface area contributed by atoms with E-state index in [0.717, 1.165) is 18.5 Å². The standard InChI is InChI=1S/C12H19N3O.ClH/c1-9-4-5-10(15(9)2)11(16)14-8-12(13)6-3-7-12;/h4-5H,3,6-8,13H2,1-2H3,(H,14,16);1H. The van der Waals surface area contributed by atoms with Gasteiger partial charge in [0.2, 0.25) is 0 Å². The lowest BCUT2D eigenvalue weighted by Gasteiger charge is -2.38. The second-order valence-electron chi connectivity index (χ2n) is 4.82. The molecule has 0 unspecified atom stereocenters. The molecule has 0 saturated heterocycles. The van der Waals surface area contributed by atoms with E-state index >= 15 is 0 Å². The number of hydrogen-bond acceptors (Lipinski definition) is 2. The van der Waals surface area contributed by atoms with Gasteiger partial charge in [0.15, 0.2) is 0 Å². The van der Waals surface area contributed by atoms with Crippen molar-refractivity contribution in [1.82, 2.24) is 9.88 Å². The zero-order valence-corrected chi connectivity index (χ0v) is 11.1. The lowest BCUT2D eigenvalue weighted by atomic mass is 9.78. The topological polar surface area (TPSA) is 60.1 Å². The Balaban J connectivity index is 0.00000144. The van der Waals surface area contributed by atoms with Crippen LogP contribution in [0, 0.1) is 6.92 Å². The highest BCUT2D eigenvalue weighted by molar-refractivity contribution is 5.92. The van der Waals surface area contributed by atoms with E-state index in [1.54, 1.807) is 0 Å². The van der Waals surface area contributed by atoms with E-state index in [2.05, 4.69) is 5.32 Å². The van der Waals surface area contributed by atoms with Crippen molar-refractivity contribution in [1.29, 1.82) is 0 Å². The minimum absolute atomic E-state index is 0. The fraction of sp³-hybridized carbons (Fsp3) is 0.583. The van der Waals surface area contributed by atoms with Gasteiger partial charge < -0.3 is 15.6 Å². The summed E-state index contributed by atoms with van der Waals surface area (Å²) in [5.74, 6) is -0.0349. The largest absolute Gasteiger partial charge is 0.349 e. The molecule has 1 aliphatic carbocycles. The highest BCUT2D eigenvalue weighted by atomic mass is 35.5. The van der Waals surface area contributed by atoms with Crippen molar-refractivity contribution < 1.29 is 4.79 Å². The van der Waals surface area contributed by atoms with Gasteiger partial charge in [0.05, 0.1) is 0 Å². The first-order chi connectivity index (χ1) is 7.52. The number of aryl methyl sites for hydroxylation is 1. The number of halogens is 1. The molecule has 3 N–H and O–H groups in total. The Morgan fingerprint density at radius 3 is 2.59 bits per heavy atom. The Hall–Kier alpha value is -1.00. The van der Waals surface area contributed by atoms with Crippen LogP contribution in [0.25, 0.3) is 0 Å². The third-order valence-corrected chi connectivity index (χ3v) is 3.56. The molecule has 1 amide bonds. The van der Waals surface area contributed by atoms with Gasteiger partial charge in [-0.1, -0.05) is 0 Å². The van der Waals surface area contributed by atoms with Gasteiger partial charge in [-0.3, -0.25) is 4.79 Å². The second-order valence-corrected chi connectivity index (χ2v) is 4.82. The minimum atomic E-state index is -0.157. The summed E-state index contributed by atoms with van der Waals surface area (Å²) in [6, 6.07) is 3.78. The molecule has 1 aromatic rings. The Labute approximate surface area is 108 Å². The number of rotatable bonds is 3. The van der Waals surface area contributed by atoms with Crippen LogP contribution in [0.5, 0.6) is 0 Å². The van der Waals surface area contributed by atoms with Crippen LogP contribution in [-0.4, -0.2) is 22.6 Å². The second kappa shape index (κ2) is 5.10. The van der Waals surface area contributed by atoms with E-state index in [0.29, 0.717) is 12.2 Å². The molecule has 0 spiro atoms. The predicted molar refractivity (Wildman–Crippen MR) is 70.5 cm³/mol. The lowest BCUT2D eigenvalue weighted by Crippen LogP contribution is -2.55. The van der Waals surface area contributed by atoms with Crippen molar-refractivity contribution in [3.8, 4) is 0 Å². The first kappa shape index (κ1) is 14.1. The number of nitrogens with one attached hydrogen (secondary N) is 1. The highest BCUT2D eigenvalue weighted by Crippen LogP contribution is 2.28. The summed E-state index contributed by atoms with van der Waals surface area (Å²) >= 11 is 0. The van der Waals surface area contributed by atoms with E-state index in [1.165, 1.54) is 6.42 Å². The van der Waals surface area contributed by atoms with E-state index in [1.807, 2.05) is 30.7 Å². The quantitative estimate of drug-likeness (QED) is 0.859. The molecule has 1 aliphatic rings. The Bertz CT molecular complexity index is 410. The van der Waals surface area contributed by atoms with Crippen molar-refractivity contribution in [2.75, 3.05) is 6.54 Å². The molecule has 96 valence electrons. The summed E-state index contributed by atoms with van der Waals surface area (Å²) in [7, 11) is 1.89. The van der Waals surface area contributed by atoms with Crippen LogP contribution in [0.4, 0.5) is 0 Å². The minimum Gasteiger partial charge on any atom is -0.349 e. The average molecular weight is 258 g/mol. The Kier molecular flexibility index (Phi) is 4.22. The van der Waals surface area contributed by atoms with Crippen LogP contribution >= 0.6 is 12.4 Å². The van der Waals surface area contributed by atoms with Crippen molar-refractivity contribution in [3.05, 3.63) is 23.5 Å². The molecule has 0 radical (unpaired) electrons. The molecule has 0 aliphatic heterocycles. The van der Waals surface area contributed by atoms with Crippen LogP contribution in [0.1, 0.15) is 35.4 Å². The number of carbonyl (C=O) groups is 1. The summed E-state index contributed by atoms with van der Waals surface area (Å²) in [4.78, 5) is 11.9. The van der Waals surface area contributed by atoms with E-state index in [9.17, 15) is 4.79 Å². The lowest BCUT2D eigenvalue weighted by molar-refractivity contribution is 0.0921. The summed E-state index contributed by atoms with van der Waals surface area (Å²) in [5, 5.41) is 2.91. The van der Waals surface area contributed by atoms with Crippen molar-refractivity contribution in [2.45, 2.75) is 31.7 Å². The number of hydrogen-bond donors (Lipinski definition) is 2. The van der Waals surface area contributed by atoms with Crippen molar-refractivity contribution in [2.24, 2.45) is 12.8 Å². The summed E-state index contributed by atoms with van der Waals surface area (Å²) < 4.78 is 1.89. The molecule has 0 atom stereocenters. The van der Waals surface area contributed by atoms with Crippen molar-refractivity contribution in [3.63, 3.8) is 0 Å². The van der Waals surface area contributed by atoms with E-state index < -0.39 is 0 Å². The molecule has 5 heteroatoms. The molecule has 0 bridgehead atoms. The maximum Gasteiger partial charge on any atom is 0.267 e. The zero-order valence-electron chi connectivity index (χ0n) is 10.3. The number of carbonyl (C=O) groups excluding carboxylic acids is 1. The van der Waals surface area contributed by atoms with E-state index in [4.69, 9.17) is 5.73 Å². The van der Waals surface area contributed by atoms with Crippen LogP contribution in [0.2, 0.25) is 0 Å².